The number of thioether (sulfide) groups is 1. The Labute approximate surface area is 127 Å². The van der Waals surface area contributed by atoms with Crippen LogP contribution in [0.5, 0.6) is 0 Å². The van der Waals surface area contributed by atoms with E-state index in [4.69, 9.17) is 5.11 Å². The van der Waals surface area contributed by atoms with Gasteiger partial charge in [0, 0.05) is 10.6 Å². The molecule has 0 spiro atoms. The molecule has 108 valence electrons. The topological polar surface area (TPSA) is 66.4 Å². The molecule has 0 aromatic heterocycles. The monoisotopic (exact) mass is 301 g/mol. The van der Waals surface area contributed by atoms with Gasteiger partial charge >= 0.3 is 5.97 Å². The number of carboxylic acids is 1. The summed E-state index contributed by atoms with van der Waals surface area (Å²) >= 11 is 1.44. The van der Waals surface area contributed by atoms with Crippen LogP contribution in [0.4, 0.5) is 5.69 Å². The van der Waals surface area contributed by atoms with Crippen molar-refractivity contribution in [1.82, 2.24) is 0 Å². The van der Waals surface area contributed by atoms with Crippen molar-refractivity contribution >= 4 is 29.3 Å². The molecule has 0 aliphatic carbocycles. The van der Waals surface area contributed by atoms with Gasteiger partial charge in [-0.1, -0.05) is 23.8 Å². The third-order valence-electron chi connectivity index (χ3n) is 2.78. The van der Waals surface area contributed by atoms with Crippen molar-refractivity contribution in [2.24, 2.45) is 0 Å². The quantitative estimate of drug-likeness (QED) is 0.830. The summed E-state index contributed by atoms with van der Waals surface area (Å²) in [5, 5.41) is 11.6. The number of rotatable bonds is 5. The van der Waals surface area contributed by atoms with Crippen LogP contribution in [0.1, 0.15) is 15.9 Å². The second-order valence-electron chi connectivity index (χ2n) is 4.54. The van der Waals surface area contributed by atoms with Crippen molar-refractivity contribution in [3.05, 3.63) is 59.7 Å². The summed E-state index contributed by atoms with van der Waals surface area (Å²) in [7, 11) is 0. The molecule has 2 aromatic carbocycles. The molecule has 0 bridgehead atoms. The van der Waals surface area contributed by atoms with Crippen molar-refractivity contribution in [2.75, 3.05) is 11.1 Å². The molecule has 5 heteroatoms. The normalized spacial score (nSPS) is 10.1. The van der Waals surface area contributed by atoms with Gasteiger partial charge in [0.15, 0.2) is 0 Å². The largest absolute Gasteiger partial charge is 0.478 e. The van der Waals surface area contributed by atoms with E-state index in [1.165, 1.54) is 29.5 Å². The average Bonchev–Trinajstić information content (AvgIpc) is 2.47. The lowest BCUT2D eigenvalue weighted by Crippen LogP contribution is -2.14. The number of aryl methyl sites for hydroxylation is 1. The Bertz CT molecular complexity index is 653. The molecule has 0 heterocycles. The lowest BCUT2D eigenvalue weighted by Gasteiger charge is -2.06. The lowest BCUT2D eigenvalue weighted by molar-refractivity contribution is -0.113. The van der Waals surface area contributed by atoms with Crippen LogP contribution in [0.2, 0.25) is 0 Å². The number of carbonyl (C=O) groups excluding carboxylic acids is 1. The Kier molecular flexibility index (Phi) is 5.00. The number of hydrogen-bond acceptors (Lipinski definition) is 3. The summed E-state index contributed by atoms with van der Waals surface area (Å²) in [6, 6.07) is 14.1. The standard InChI is InChI=1S/C16H15NO3S/c1-11-5-7-14(8-6-11)21-10-15(18)17-13-4-2-3-12(9-13)16(19)20/h2-9H,10H2,1H3,(H,17,18)(H,19,20). The molecule has 21 heavy (non-hydrogen) atoms. The van der Waals surface area contributed by atoms with Crippen LogP contribution in [0.15, 0.2) is 53.4 Å². The smallest absolute Gasteiger partial charge is 0.335 e. The van der Waals surface area contributed by atoms with Crippen molar-refractivity contribution in [3.63, 3.8) is 0 Å². The SMILES string of the molecule is Cc1ccc(SCC(=O)Nc2cccc(C(=O)O)c2)cc1. The average molecular weight is 301 g/mol. The van der Waals surface area contributed by atoms with Gasteiger partial charge in [-0.3, -0.25) is 4.79 Å². The van der Waals surface area contributed by atoms with Gasteiger partial charge in [0.2, 0.25) is 5.91 Å². The van der Waals surface area contributed by atoms with Crippen molar-refractivity contribution in [1.29, 1.82) is 0 Å². The lowest BCUT2D eigenvalue weighted by atomic mass is 10.2. The Morgan fingerprint density at radius 3 is 2.52 bits per heavy atom. The van der Waals surface area contributed by atoms with Crippen molar-refractivity contribution < 1.29 is 14.7 Å². The number of amides is 1. The molecular weight excluding hydrogens is 286 g/mol. The maximum absolute atomic E-state index is 11.9. The molecule has 1 amide bonds. The zero-order valence-electron chi connectivity index (χ0n) is 11.5. The first-order valence-corrected chi connectivity index (χ1v) is 7.36. The number of benzene rings is 2. The number of anilines is 1. The maximum Gasteiger partial charge on any atom is 0.335 e. The van der Waals surface area contributed by atoms with Crippen LogP contribution in [0.3, 0.4) is 0 Å². The Morgan fingerprint density at radius 1 is 1.14 bits per heavy atom. The predicted molar refractivity (Wildman–Crippen MR) is 83.9 cm³/mol. The Hall–Kier alpha value is -2.27. The van der Waals surface area contributed by atoms with Crippen LogP contribution >= 0.6 is 11.8 Å². The van der Waals surface area contributed by atoms with E-state index in [0.717, 1.165) is 4.90 Å². The van der Waals surface area contributed by atoms with Gasteiger partial charge < -0.3 is 10.4 Å². The van der Waals surface area contributed by atoms with E-state index in [9.17, 15) is 9.59 Å². The van der Waals surface area contributed by atoms with Gasteiger partial charge in [0.1, 0.15) is 0 Å². The fourth-order valence-electron chi connectivity index (χ4n) is 1.71. The van der Waals surface area contributed by atoms with Crippen LogP contribution in [0, 0.1) is 6.92 Å². The van der Waals surface area contributed by atoms with Crippen LogP contribution in [0.25, 0.3) is 0 Å². The molecule has 0 unspecified atom stereocenters. The Morgan fingerprint density at radius 2 is 1.86 bits per heavy atom. The molecular formula is C16H15NO3S. The highest BCUT2D eigenvalue weighted by atomic mass is 32.2. The highest BCUT2D eigenvalue weighted by molar-refractivity contribution is 8.00. The molecule has 2 N–H and O–H groups in total. The fourth-order valence-corrected chi connectivity index (χ4v) is 2.41. The van der Waals surface area contributed by atoms with Crippen LogP contribution in [-0.4, -0.2) is 22.7 Å². The number of aromatic carboxylic acids is 1. The van der Waals surface area contributed by atoms with E-state index in [1.54, 1.807) is 12.1 Å². The maximum atomic E-state index is 11.9. The van der Waals surface area contributed by atoms with Gasteiger partial charge in [-0.15, -0.1) is 11.8 Å². The third kappa shape index (κ3) is 4.65. The molecule has 0 aliphatic rings. The van der Waals surface area contributed by atoms with Gasteiger partial charge in [-0.2, -0.15) is 0 Å². The highest BCUT2D eigenvalue weighted by Gasteiger charge is 2.07. The summed E-state index contributed by atoms with van der Waals surface area (Å²) in [6.07, 6.45) is 0. The van der Waals surface area contributed by atoms with Crippen molar-refractivity contribution in [2.45, 2.75) is 11.8 Å². The molecule has 0 radical (unpaired) electrons. The molecule has 0 aliphatic heterocycles. The first-order valence-electron chi connectivity index (χ1n) is 6.37. The second kappa shape index (κ2) is 6.95. The summed E-state index contributed by atoms with van der Waals surface area (Å²) < 4.78 is 0. The second-order valence-corrected chi connectivity index (χ2v) is 5.58. The number of hydrogen-bond donors (Lipinski definition) is 2. The van der Waals surface area contributed by atoms with E-state index >= 15 is 0 Å². The van der Waals surface area contributed by atoms with E-state index in [0.29, 0.717) is 5.69 Å². The minimum absolute atomic E-state index is 0.152. The summed E-state index contributed by atoms with van der Waals surface area (Å²) in [4.78, 5) is 23.7. The van der Waals surface area contributed by atoms with E-state index in [2.05, 4.69) is 5.32 Å². The van der Waals surface area contributed by atoms with Gasteiger partial charge in [0.05, 0.1) is 11.3 Å². The highest BCUT2D eigenvalue weighted by Crippen LogP contribution is 2.19. The molecule has 4 nitrogen and oxygen atoms in total. The zero-order valence-corrected chi connectivity index (χ0v) is 12.3. The van der Waals surface area contributed by atoms with Gasteiger partial charge in [-0.25, -0.2) is 4.79 Å². The summed E-state index contributed by atoms with van der Waals surface area (Å²) in [5.74, 6) is -0.899. The molecule has 0 atom stereocenters. The number of carbonyl (C=O) groups is 2. The van der Waals surface area contributed by atoms with Gasteiger partial charge in [0.25, 0.3) is 0 Å². The number of carboxylic acid groups (broad SMARTS) is 1. The minimum atomic E-state index is -1.01. The third-order valence-corrected chi connectivity index (χ3v) is 3.80. The predicted octanol–water partition coefficient (Wildman–Crippen LogP) is 3.42. The fraction of sp³-hybridized carbons (Fsp3) is 0.125. The van der Waals surface area contributed by atoms with Crippen LogP contribution in [-0.2, 0) is 4.79 Å². The van der Waals surface area contributed by atoms with Gasteiger partial charge in [-0.05, 0) is 37.3 Å². The van der Waals surface area contributed by atoms with Crippen LogP contribution < -0.4 is 5.32 Å². The van der Waals surface area contributed by atoms with E-state index < -0.39 is 5.97 Å². The minimum Gasteiger partial charge on any atom is -0.478 e. The summed E-state index contributed by atoms with van der Waals surface area (Å²) in [6.45, 7) is 2.01. The Balaban J connectivity index is 1.91. The molecule has 0 fully saturated rings. The molecule has 2 aromatic rings. The first kappa shape index (κ1) is 15.1. The zero-order chi connectivity index (χ0) is 15.2. The van der Waals surface area contributed by atoms with E-state index in [-0.39, 0.29) is 17.2 Å². The number of nitrogens with one attached hydrogen (secondary N) is 1. The summed E-state index contributed by atoms with van der Waals surface area (Å²) in [5.41, 5.74) is 1.82. The molecule has 0 saturated carbocycles. The molecule has 2 rings (SSSR count). The van der Waals surface area contributed by atoms with E-state index in [1.807, 2.05) is 31.2 Å². The first-order chi connectivity index (χ1) is 10.0. The molecule has 0 saturated heterocycles. The van der Waals surface area contributed by atoms with Crippen molar-refractivity contribution in [3.8, 4) is 0 Å².